The van der Waals surface area contributed by atoms with Crippen LogP contribution in [0.25, 0.3) is 10.8 Å². The number of fused-ring (bicyclic) bond motifs is 1. The van der Waals surface area contributed by atoms with Crippen molar-refractivity contribution in [3.05, 3.63) is 78.4 Å². The van der Waals surface area contributed by atoms with E-state index in [-0.39, 0.29) is 0 Å². The number of hydrogen-bond donors (Lipinski definition) is 2. The second-order valence-corrected chi connectivity index (χ2v) is 4.87. The van der Waals surface area contributed by atoms with Gasteiger partial charge in [0, 0.05) is 12.2 Å². The summed E-state index contributed by atoms with van der Waals surface area (Å²) in [6.45, 7) is 0.502. The zero-order chi connectivity index (χ0) is 13.8. The predicted octanol–water partition coefficient (Wildman–Crippen LogP) is 3.99. The van der Waals surface area contributed by atoms with E-state index in [2.05, 4.69) is 23.5 Å². The van der Waals surface area contributed by atoms with Crippen LogP contribution in [0, 0.1) is 0 Å². The van der Waals surface area contributed by atoms with Gasteiger partial charge < -0.3 is 10.4 Å². The van der Waals surface area contributed by atoms with E-state index in [0.29, 0.717) is 6.54 Å². The molecule has 0 amide bonds. The molecule has 100 valence electrons. The minimum atomic E-state index is -0.514. The van der Waals surface area contributed by atoms with Crippen molar-refractivity contribution in [3.8, 4) is 0 Å². The van der Waals surface area contributed by atoms with E-state index in [1.807, 2.05) is 54.6 Å². The first-order chi connectivity index (χ1) is 9.83. The Bertz CT molecular complexity index is 694. The number of nitrogens with one attached hydrogen (secondary N) is 1. The van der Waals surface area contributed by atoms with Crippen molar-refractivity contribution in [1.82, 2.24) is 0 Å². The van der Waals surface area contributed by atoms with Gasteiger partial charge in [0.25, 0.3) is 0 Å². The Balaban J connectivity index is 1.73. The fourth-order valence-corrected chi connectivity index (χ4v) is 2.30. The Morgan fingerprint density at radius 3 is 2.30 bits per heavy atom. The highest BCUT2D eigenvalue weighted by molar-refractivity contribution is 5.83. The van der Waals surface area contributed by atoms with Crippen molar-refractivity contribution in [3.63, 3.8) is 0 Å². The fourth-order valence-electron chi connectivity index (χ4n) is 2.30. The molecule has 0 aliphatic heterocycles. The van der Waals surface area contributed by atoms with Gasteiger partial charge in [-0.3, -0.25) is 0 Å². The summed E-state index contributed by atoms with van der Waals surface area (Å²) in [4.78, 5) is 0. The topological polar surface area (TPSA) is 32.3 Å². The molecule has 0 saturated carbocycles. The first-order valence-corrected chi connectivity index (χ1v) is 6.78. The van der Waals surface area contributed by atoms with Gasteiger partial charge in [-0.25, -0.2) is 0 Å². The minimum absolute atomic E-state index is 0.502. The highest BCUT2D eigenvalue weighted by Gasteiger charge is 2.07. The molecule has 0 heterocycles. The summed E-state index contributed by atoms with van der Waals surface area (Å²) in [5.41, 5.74) is 1.96. The van der Waals surface area contributed by atoms with Crippen LogP contribution >= 0.6 is 0 Å². The smallest absolute Gasteiger partial charge is 0.0962 e. The maximum Gasteiger partial charge on any atom is 0.0962 e. The lowest BCUT2D eigenvalue weighted by atomic mass is 10.0. The molecule has 2 nitrogen and oxygen atoms in total. The van der Waals surface area contributed by atoms with Gasteiger partial charge in [0.2, 0.25) is 0 Å². The summed E-state index contributed by atoms with van der Waals surface area (Å²) < 4.78 is 0. The molecule has 0 radical (unpaired) electrons. The van der Waals surface area contributed by atoms with Crippen LogP contribution in [-0.2, 0) is 0 Å². The first-order valence-electron chi connectivity index (χ1n) is 6.78. The van der Waals surface area contributed by atoms with E-state index in [4.69, 9.17) is 0 Å². The van der Waals surface area contributed by atoms with Crippen molar-refractivity contribution in [2.24, 2.45) is 0 Å². The molecule has 3 aromatic carbocycles. The molecule has 0 aromatic heterocycles. The molecular weight excluding hydrogens is 246 g/mol. The molecule has 3 rings (SSSR count). The number of rotatable bonds is 4. The molecule has 2 heteroatoms. The van der Waals surface area contributed by atoms with E-state index < -0.39 is 6.10 Å². The van der Waals surface area contributed by atoms with Crippen LogP contribution in [-0.4, -0.2) is 11.7 Å². The van der Waals surface area contributed by atoms with Gasteiger partial charge in [0.15, 0.2) is 0 Å². The molecule has 1 atom stereocenters. The Hall–Kier alpha value is -2.32. The lowest BCUT2D eigenvalue weighted by Gasteiger charge is -2.14. The van der Waals surface area contributed by atoms with Crippen LogP contribution < -0.4 is 5.32 Å². The van der Waals surface area contributed by atoms with Crippen molar-refractivity contribution < 1.29 is 5.11 Å². The van der Waals surface area contributed by atoms with Gasteiger partial charge in [-0.15, -0.1) is 0 Å². The first kappa shape index (κ1) is 12.7. The lowest BCUT2D eigenvalue weighted by molar-refractivity contribution is 0.192. The normalized spacial score (nSPS) is 12.2. The molecule has 2 N–H and O–H groups in total. The summed E-state index contributed by atoms with van der Waals surface area (Å²) in [5.74, 6) is 0. The number of benzene rings is 3. The van der Waals surface area contributed by atoms with Crippen molar-refractivity contribution in [1.29, 1.82) is 0 Å². The van der Waals surface area contributed by atoms with E-state index >= 15 is 0 Å². The number of para-hydroxylation sites is 1. The van der Waals surface area contributed by atoms with Crippen molar-refractivity contribution in [2.75, 3.05) is 11.9 Å². The molecular formula is C18H17NO. The van der Waals surface area contributed by atoms with Gasteiger partial charge in [-0.2, -0.15) is 0 Å². The quantitative estimate of drug-likeness (QED) is 0.746. The molecule has 0 aliphatic rings. The van der Waals surface area contributed by atoms with Crippen LogP contribution in [0.1, 0.15) is 11.7 Å². The van der Waals surface area contributed by atoms with E-state index in [1.165, 1.54) is 5.39 Å². The lowest BCUT2D eigenvalue weighted by Crippen LogP contribution is -2.11. The molecule has 0 saturated heterocycles. The largest absolute Gasteiger partial charge is 0.387 e. The zero-order valence-electron chi connectivity index (χ0n) is 11.2. The van der Waals surface area contributed by atoms with Gasteiger partial charge in [-0.05, 0) is 34.5 Å². The molecule has 1 unspecified atom stereocenters. The third kappa shape index (κ3) is 2.81. The number of aliphatic hydroxyl groups is 1. The Kier molecular flexibility index (Phi) is 3.66. The summed E-state index contributed by atoms with van der Waals surface area (Å²) >= 11 is 0. The third-order valence-electron chi connectivity index (χ3n) is 3.43. The van der Waals surface area contributed by atoms with Crippen molar-refractivity contribution >= 4 is 16.5 Å². The molecule has 0 aliphatic carbocycles. The fraction of sp³-hybridized carbons (Fsp3) is 0.111. The van der Waals surface area contributed by atoms with E-state index in [0.717, 1.165) is 16.6 Å². The predicted molar refractivity (Wildman–Crippen MR) is 83.8 cm³/mol. The van der Waals surface area contributed by atoms with Crippen molar-refractivity contribution in [2.45, 2.75) is 6.10 Å². The van der Waals surface area contributed by atoms with Crippen LogP contribution in [0.15, 0.2) is 72.8 Å². The van der Waals surface area contributed by atoms with Gasteiger partial charge in [-0.1, -0.05) is 54.6 Å². The molecule has 0 bridgehead atoms. The number of hydrogen-bond acceptors (Lipinski definition) is 2. The second-order valence-electron chi connectivity index (χ2n) is 4.87. The molecule has 0 spiro atoms. The highest BCUT2D eigenvalue weighted by atomic mass is 16.3. The molecule has 3 aromatic rings. The molecule has 20 heavy (non-hydrogen) atoms. The standard InChI is InChI=1S/C18H17NO/c20-18(13-19-17-8-2-1-3-9-17)16-11-10-14-6-4-5-7-15(14)12-16/h1-12,18-20H,13H2. The highest BCUT2D eigenvalue weighted by Crippen LogP contribution is 2.20. The summed E-state index contributed by atoms with van der Waals surface area (Å²) in [5, 5.41) is 15.9. The SMILES string of the molecule is OC(CNc1ccccc1)c1ccc2ccccc2c1. The van der Waals surface area contributed by atoms with E-state index in [1.54, 1.807) is 0 Å². The second kappa shape index (κ2) is 5.76. The van der Waals surface area contributed by atoms with Gasteiger partial charge in [0.05, 0.1) is 6.10 Å². The third-order valence-corrected chi connectivity index (χ3v) is 3.43. The Morgan fingerprint density at radius 2 is 1.50 bits per heavy atom. The molecule has 0 fully saturated rings. The van der Waals surface area contributed by atoms with Gasteiger partial charge >= 0.3 is 0 Å². The minimum Gasteiger partial charge on any atom is -0.387 e. The van der Waals surface area contributed by atoms with Crippen LogP contribution in [0.4, 0.5) is 5.69 Å². The maximum atomic E-state index is 10.3. The Labute approximate surface area is 118 Å². The van der Waals surface area contributed by atoms with Crippen LogP contribution in [0.5, 0.6) is 0 Å². The zero-order valence-corrected chi connectivity index (χ0v) is 11.2. The number of anilines is 1. The number of aliphatic hydroxyl groups excluding tert-OH is 1. The average Bonchev–Trinajstić information content (AvgIpc) is 2.53. The van der Waals surface area contributed by atoms with E-state index in [9.17, 15) is 5.11 Å². The average molecular weight is 263 g/mol. The Morgan fingerprint density at radius 1 is 0.800 bits per heavy atom. The monoisotopic (exact) mass is 263 g/mol. The summed E-state index contributed by atoms with van der Waals surface area (Å²) in [7, 11) is 0. The van der Waals surface area contributed by atoms with Gasteiger partial charge in [0.1, 0.15) is 0 Å². The van der Waals surface area contributed by atoms with Crippen LogP contribution in [0.2, 0.25) is 0 Å². The summed E-state index contributed by atoms with van der Waals surface area (Å²) in [6, 6.07) is 24.2. The van der Waals surface area contributed by atoms with Crippen LogP contribution in [0.3, 0.4) is 0 Å². The summed E-state index contributed by atoms with van der Waals surface area (Å²) in [6.07, 6.45) is -0.514. The maximum absolute atomic E-state index is 10.3.